The van der Waals surface area contributed by atoms with Gasteiger partial charge in [-0.3, -0.25) is 14.9 Å². The zero-order chi connectivity index (χ0) is 17.5. The lowest BCUT2D eigenvalue weighted by molar-refractivity contribution is -0.384. The molecule has 8 nitrogen and oxygen atoms in total. The minimum Gasteiger partial charge on any atom is -0.383 e. The minimum absolute atomic E-state index is 0.152. The zero-order valence-corrected chi connectivity index (χ0v) is 12.9. The first kappa shape index (κ1) is 16.9. The van der Waals surface area contributed by atoms with E-state index in [-0.39, 0.29) is 30.1 Å². The van der Waals surface area contributed by atoms with E-state index in [1.807, 2.05) is 19.1 Å². The summed E-state index contributed by atoms with van der Waals surface area (Å²) in [6.45, 7) is 2.11. The molecule has 0 aliphatic carbocycles. The van der Waals surface area contributed by atoms with Crippen molar-refractivity contribution in [3.63, 3.8) is 0 Å². The summed E-state index contributed by atoms with van der Waals surface area (Å²) in [4.78, 5) is 26.2. The summed E-state index contributed by atoms with van der Waals surface area (Å²) in [5.41, 5.74) is 1.25. The summed E-state index contributed by atoms with van der Waals surface area (Å²) >= 11 is 0. The predicted octanol–water partition coefficient (Wildman–Crippen LogP) is 2.61. The summed E-state index contributed by atoms with van der Waals surface area (Å²) in [6, 6.07) is 11.2. The molecule has 0 aliphatic heterocycles. The molecule has 0 fully saturated rings. The minimum atomic E-state index is -0.563. The number of nitrogens with zero attached hydrogens (tertiary/aromatic N) is 3. The molecule has 0 radical (unpaired) electrons. The number of carbonyl (C=O) groups excluding carboxylic acids is 1. The van der Waals surface area contributed by atoms with Crippen LogP contribution in [0.5, 0.6) is 0 Å². The normalized spacial score (nSPS) is 9.83. The van der Waals surface area contributed by atoms with E-state index in [2.05, 4.69) is 15.6 Å². The molecule has 0 spiro atoms. The second kappa shape index (κ2) is 7.69. The molecule has 0 saturated heterocycles. The van der Waals surface area contributed by atoms with Crippen molar-refractivity contribution in [3.05, 3.63) is 57.8 Å². The number of anilines is 2. The fourth-order valence-electron chi connectivity index (χ4n) is 2.02. The molecule has 1 aromatic carbocycles. The Morgan fingerprint density at radius 3 is 2.83 bits per heavy atom. The Labute approximate surface area is 138 Å². The number of hydrogen-bond acceptors (Lipinski definition) is 6. The van der Waals surface area contributed by atoms with E-state index < -0.39 is 4.92 Å². The SMILES string of the molecule is Cc1cccc(NC(=O)CCNc2ccc([N+](=O)[O-])cc2C#N)n1. The van der Waals surface area contributed by atoms with Crippen molar-refractivity contribution in [2.24, 2.45) is 0 Å². The largest absolute Gasteiger partial charge is 0.383 e. The lowest BCUT2D eigenvalue weighted by Crippen LogP contribution is -2.17. The molecule has 1 aromatic heterocycles. The van der Waals surface area contributed by atoms with Gasteiger partial charge in [0.2, 0.25) is 5.91 Å². The first-order valence-corrected chi connectivity index (χ1v) is 7.15. The van der Waals surface area contributed by atoms with Crippen LogP contribution >= 0.6 is 0 Å². The van der Waals surface area contributed by atoms with E-state index >= 15 is 0 Å². The maximum Gasteiger partial charge on any atom is 0.270 e. The highest BCUT2D eigenvalue weighted by Crippen LogP contribution is 2.21. The maximum atomic E-state index is 11.9. The van der Waals surface area contributed by atoms with Crippen molar-refractivity contribution in [1.29, 1.82) is 5.26 Å². The fourth-order valence-corrected chi connectivity index (χ4v) is 2.02. The number of carbonyl (C=O) groups is 1. The molecule has 0 aliphatic rings. The number of non-ortho nitro benzene ring substituents is 1. The second-order valence-electron chi connectivity index (χ2n) is 4.99. The molecule has 1 heterocycles. The number of rotatable bonds is 6. The van der Waals surface area contributed by atoms with E-state index in [1.165, 1.54) is 18.2 Å². The smallest absolute Gasteiger partial charge is 0.270 e. The van der Waals surface area contributed by atoms with Gasteiger partial charge in [-0.05, 0) is 25.1 Å². The number of nitrogens with one attached hydrogen (secondary N) is 2. The molecule has 8 heteroatoms. The van der Waals surface area contributed by atoms with Crippen LogP contribution in [0.25, 0.3) is 0 Å². The first-order valence-electron chi connectivity index (χ1n) is 7.15. The lowest BCUT2D eigenvalue weighted by atomic mass is 10.1. The molecule has 24 heavy (non-hydrogen) atoms. The molecule has 2 N–H and O–H groups in total. The second-order valence-corrected chi connectivity index (χ2v) is 4.99. The van der Waals surface area contributed by atoms with Crippen LogP contribution in [0, 0.1) is 28.4 Å². The Balaban J connectivity index is 1.91. The van der Waals surface area contributed by atoms with Crippen LogP contribution in [0.3, 0.4) is 0 Å². The molecule has 0 saturated carbocycles. The van der Waals surface area contributed by atoms with Crippen molar-refractivity contribution in [2.75, 3.05) is 17.2 Å². The summed E-state index contributed by atoms with van der Waals surface area (Å²) in [6.07, 6.45) is 0.164. The van der Waals surface area contributed by atoms with Crippen molar-refractivity contribution in [3.8, 4) is 6.07 Å². The van der Waals surface area contributed by atoms with E-state index in [9.17, 15) is 14.9 Å². The monoisotopic (exact) mass is 325 g/mol. The Bertz CT molecular complexity index is 814. The van der Waals surface area contributed by atoms with Gasteiger partial charge in [0.15, 0.2) is 0 Å². The molecule has 2 aromatic rings. The Morgan fingerprint density at radius 2 is 2.17 bits per heavy atom. The molecule has 0 unspecified atom stereocenters. The lowest BCUT2D eigenvalue weighted by Gasteiger charge is -2.08. The van der Waals surface area contributed by atoms with Gasteiger partial charge in [0.1, 0.15) is 11.9 Å². The average molecular weight is 325 g/mol. The highest BCUT2D eigenvalue weighted by Gasteiger charge is 2.11. The van der Waals surface area contributed by atoms with Gasteiger partial charge in [-0.2, -0.15) is 5.26 Å². The maximum absolute atomic E-state index is 11.9. The van der Waals surface area contributed by atoms with Crippen molar-refractivity contribution >= 4 is 23.1 Å². The summed E-state index contributed by atoms with van der Waals surface area (Å²) in [7, 11) is 0. The molecule has 2 rings (SSSR count). The Morgan fingerprint density at radius 1 is 1.38 bits per heavy atom. The van der Waals surface area contributed by atoms with Crippen LogP contribution in [0.15, 0.2) is 36.4 Å². The summed E-state index contributed by atoms with van der Waals surface area (Å²) in [5, 5.41) is 25.4. The van der Waals surface area contributed by atoms with Gasteiger partial charge in [-0.1, -0.05) is 6.07 Å². The number of hydrogen-bond donors (Lipinski definition) is 2. The fraction of sp³-hybridized carbons (Fsp3) is 0.188. The van der Waals surface area contributed by atoms with Crippen LogP contribution in [0.2, 0.25) is 0 Å². The number of nitro groups is 1. The van der Waals surface area contributed by atoms with Gasteiger partial charge in [0, 0.05) is 30.8 Å². The van der Waals surface area contributed by atoms with E-state index in [0.717, 1.165) is 5.69 Å². The van der Waals surface area contributed by atoms with Gasteiger partial charge in [-0.15, -0.1) is 0 Å². The van der Waals surface area contributed by atoms with Crippen molar-refractivity contribution in [1.82, 2.24) is 4.98 Å². The first-order chi connectivity index (χ1) is 11.5. The number of pyridine rings is 1. The molecular formula is C16H15N5O3. The topological polar surface area (TPSA) is 121 Å². The molecular weight excluding hydrogens is 310 g/mol. The van der Waals surface area contributed by atoms with Gasteiger partial charge < -0.3 is 10.6 Å². The third-order valence-corrected chi connectivity index (χ3v) is 3.16. The van der Waals surface area contributed by atoms with Gasteiger partial charge >= 0.3 is 0 Å². The highest BCUT2D eigenvalue weighted by atomic mass is 16.6. The quantitative estimate of drug-likeness (QED) is 0.622. The number of benzene rings is 1. The van der Waals surface area contributed by atoms with Crippen LogP contribution in [0.4, 0.5) is 17.2 Å². The predicted molar refractivity (Wildman–Crippen MR) is 88.5 cm³/mol. The molecule has 1 amide bonds. The van der Waals surface area contributed by atoms with Crippen LogP contribution < -0.4 is 10.6 Å². The van der Waals surface area contributed by atoms with E-state index in [4.69, 9.17) is 5.26 Å². The van der Waals surface area contributed by atoms with E-state index in [0.29, 0.717) is 11.5 Å². The van der Waals surface area contributed by atoms with Crippen LogP contribution in [-0.2, 0) is 4.79 Å². The van der Waals surface area contributed by atoms with Crippen LogP contribution in [-0.4, -0.2) is 22.4 Å². The Hall–Kier alpha value is -3.47. The standard InChI is InChI=1S/C16H15N5O3/c1-11-3-2-4-15(19-11)20-16(22)7-8-18-14-6-5-13(21(23)24)9-12(14)10-17/h2-6,9,18H,7-8H2,1H3,(H,19,20,22). The number of nitriles is 1. The third-order valence-electron chi connectivity index (χ3n) is 3.16. The zero-order valence-electron chi connectivity index (χ0n) is 12.9. The van der Waals surface area contributed by atoms with Gasteiger partial charge in [0.05, 0.1) is 16.2 Å². The summed E-state index contributed by atoms with van der Waals surface area (Å²) in [5.74, 6) is 0.258. The van der Waals surface area contributed by atoms with Crippen molar-refractivity contribution < 1.29 is 9.72 Å². The number of aryl methyl sites for hydroxylation is 1. The highest BCUT2D eigenvalue weighted by molar-refractivity contribution is 5.90. The number of nitro benzene ring substituents is 1. The molecule has 0 atom stereocenters. The van der Waals surface area contributed by atoms with E-state index in [1.54, 1.807) is 12.1 Å². The average Bonchev–Trinajstić information content (AvgIpc) is 2.54. The van der Waals surface area contributed by atoms with Crippen molar-refractivity contribution in [2.45, 2.75) is 13.3 Å². The third kappa shape index (κ3) is 4.51. The van der Waals surface area contributed by atoms with Gasteiger partial charge in [-0.25, -0.2) is 4.98 Å². The van der Waals surface area contributed by atoms with Crippen LogP contribution in [0.1, 0.15) is 17.7 Å². The molecule has 0 bridgehead atoms. The summed E-state index contributed by atoms with van der Waals surface area (Å²) < 4.78 is 0. The molecule has 122 valence electrons. The number of amides is 1. The number of aromatic nitrogens is 1. The Kier molecular flexibility index (Phi) is 5.41. The van der Waals surface area contributed by atoms with Gasteiger partial charge in [0.25, 0.3) is 5.69 Å².